The van der Waals surface area contributed by atoms with Crippen molar-refractivity contribution < 1.29 is 9.72 Å². The highest BCUT2D eigenvalue weighted by atomic mass is 79.9. The molecule has 0 aliphatic carbocycles. The summed E-state index contributed by atoms with van der Waals surface area (Å²) < 4.78 is 0.711. The minimum atomic E-state index is -0.617. The Morgan fingerprint density at radius 1 is 1.42 bits per heavy atom. The van der Waals surface area contributed by atoms with Gasteiger partial charge >= 0.3 is 0 Å². The predicted molar refractivity (Wildman–Crippen MR) is 78.1 cm³/mol. The first-order valence-corrected chi connectivity index (χ1v) is 6.97. The first-order chi connectivity index (χ1) is 8.99. The molecule has 0 saturated heterocycles. The molecular formula is C11H6BrClN2O3S. The fourth-order valence-corrected chi connectivity index (χ4v) is 2.84. The second-order valence-electron chi connectivity index (χ2n) is 3.46. The summed E-state index contributed by atoms with van der Waals surface area (Å²) >= 11 is 9.87. The van der Waals surface area contributed by atoms with E-state index in [2.05, 4.69) is 21.2 Å². The Balaban J connectivity index is 2.24. The van der Waals surface area contributed by atoms with Crippen LogP contribution in [0.5, 0.6) is 0 Å². The van der Waals surface area contributed by atoms with Crippen molar-refractivity contribution in [2.75, 3.05) is 5.32 Å². The molecule has 0 saturated carbocycles. The molecule has 2 aromatic rings. The topological polar surface area (TPSA) is 72.2 Å². The molecule has 0 aliphatic heterocycles. The molecule has 19 heavy (non-hydrogen) atoms. The van der Waals surface area contributed by atoms with Gasteiger partial charge in [-0.1, -0.05) is 23.7 Å². The summed E-state index contributed by atoms with van der Waals surface area (Å²) in [6, 6.07) is 8.24. The lowest BCUT2D eigenvalue weighted by molar-refractivity contribution is -0.384. The molecule has 0 unspecified atom stereocenters. The SMILES string of the molecule is O=C(Nc1ccccc1Br)c1cc([N+](=O)[O-])c(Cl)s1. The number of amides is 1. The number of carbonyl (C=O) groups is 1. The number of rotatable bonds is 3. The molecule has 5 nitrogen and oxygen atoms in total. The van der Waals surface area contributed by atoms with Crippen LogP contribution < -0.4 is 5.32 Å². The normalized spacial score (nSPS) is 10.2. The smallest absolute Gasteiger partial charge is 0.299 e. The highest BCUT2D eigenvalue weighted by molar-refractivity contribution is 9.10. The van der Waals surface area contributed by atoms with Crippen LogP contribution in [0.25, 0.3) is 0 Å². The Morgan fingerprint density at radius 2 is 2.11 bits per heavy atom. The van der Waals surface area contributed by atoms with E-state index in [0.29, 0.717) is 5.69 Å². The second-order valence-corrected chi connectivity index (χ2v) is 5.97. The lowest BCUT2D eigenvalue weighted by Crippen LogP contribution is -2.10. The van der Waals surface area contributed by atoms with Gasteiger partial charge in [0, 0.05) is 10.5 Å². The highest BCUT2D eigenvalue weighted by Gasteiger charge is 2.21. The molecule has 98 valence electrons. The molecule has 0 fully saturated rings. The summed E-state index contributed by atoms with van der Waals surface area (Å²) in [4.78, 5) is 22.2. The lowest BCUT2D eigenvalue weighted by Gasteiger charge is -2.04. The van der Waals surface area contributed by atoms with E-state index in [1.807, 2.05) is 6.07 Å². The maximum absolute atomic E-state index is 12.0. The molecule has 0 spiro atoms. The van der Waals surface area contributed by atoms with Crippen molar-refractivity contribution in [2.24, 2.45) is 0 Å². The summed E-state index contributed by atoms with van der Waals surface area (Å²) in [6.07, 6.45) is 0. The van der Waals surface area contributed by atoms with E-state index in [-0.39, 0.29) is 14.9 Å². The number of hydrogen-bond donors (Lipinski definition) is 1. The molecule has 2 rings (SSSR count). The number of para-hydroxylation sites is 1. The minimum absolute atomic E-state index is 0.0118. The number of nitro groups is 1. The van der Waals surface area contributed by atoms with Crippen LogP contribution in [0, 0.1) is 10.1 Å². The van der Waals surface area contributed by atoms with Crippen molar-refractivity contribution in [3.8, 4) is 0 Å². The van der Waals surface area contributed by atoms with E-state index in [0.717, 1.165) is 15.8 Å². The maximum atomic E-state index is 12.0. The van der Waals surface area contributed by atoms with Crippen molar-refractivity contribution in [3.63, 3.8) is 0 Å². The lowest BCUT2D eigenvalue weighted by atomic mass is 10.3. The third-order valence-corrected chi connectivity index (χ3v) is 4.24. The van der Waals surface area contributed by atoms with Crippen LogP contribution in [0.15, 0.2) is 34.8 Å². The Kier molecular flexibility index (Phi) is 4.18. The summed E-state index contributed by atoms with van der Waals surface area (Å²) in [5.74, 6) is -0.438. The van der Waals surface area contributed by atoms with Gasteiger partial charge in [-0.2, -0.15) is 0 Å². The van der Waals surface area contributed by atoms with Crippen LogP contribution in [0.1, 0.15) is 9.67 Å². The van der Waals surface area contributed by atoms with Gasteiger partial charge in [0.1, 0.15) is 4.88 Å². The summed E-state index contributed by atoms with van der Waals surface area (Å²) in [7, 11) is 0. The monoisotopic (exact) mass is 360 g/mol. The van der Waals surface area contributed by atoms with Gasteiger partial charge < -0.3 is 5.32 Å². The molecular weight excluding hydrogens is 356 g/mol. The van der Waals surface area contributed by atoms with E-state index in [9.17, 15) is 14.9 Å². The van der Waals surface area contributed by atoms with Crippen LogP contribution in [-0.2, 0) is 0 Å². The van der Waals surface area contributed by atoms with Crippen molar-refractivity contribution >= 4 is 56.1 Å². The Labute approximate surface area is 125 Å². The molecule has 0 atom stereocenters. The van der Waals surface area contributed by atoms with E-state index >= 15 is 0 Å². The van der Waals surface area contributed by atoms with Crippen LogP contribution in [-0.4, -0.2) is 10.8 Å². The number of nitrogens with zero attached hydrogens (tertiary/aromatic N) is 1. The van der Waals surface area contributed by atoms with Gasteiger partial charge in [0.15, 0.2) is 4.34 Å². The van der Waals surface area contributed by atoms with Gasteiger partial charge in [0.2, 0.25) is 0 Å². The molecule has 0 radical (unpaired) electrons. The standard InChI is InChI=1S/C11H6BrClN2O3S/c12-6-3-1-2-4-7(6)14-11(16)9-5-8(15(17)18)10(13)19-9/h1-5H,(H,14,16). The van der Waals surface area contributed by atoms with Gasteiger partial charge in [-0.25, -0.2) is 0 Å². The molecule has 1 amide bonds. The molecule has 0 aliphatic rings. The zero-order valence-electron chi connectivity index (χ0n) is 9.22. The second kappa shape index (κ2) is 5.68. The average molecular weight is 362 g/mol. The van der Waals surface area contributed by atoms with Crippen molar-refractivity contribution in [1.29, 1.82) is 0 Å². The van der Waals surface area contributed by atoms with E-state index in [4.69, 9.17) is 11.6 Å². The van der Waals surface area contributed by atoms with Crippen LogP contribution in [0.2, 0.25) is 4.34 Å². The van der Waals surface area contributed by atoms with E-state index < -0.39 is 10.8 Å². The summed E-state index contributed by atoms with van der Waals surface area (Å²) in [5, 5.41) is 13.3. The van der Waals surface area contributed by atoms with Crippen LogP contribution in [0.4, 0.5) is 11.4 Å². The maximum Gasteiger partial charge on any atom is 0.299 e. The van der Waals surface area contributed by atoms with E-state index in [1.54, 1.807) is 18.2 Å². The van der Waals surface area contributed by atoms with Gasteiger partial charge in [-0.05, 0) is 28.1 Å². The fourth-order valence-electron chi connectivity index (χ4n) is 1.34. The Bertz CT molecular complexity index is 659. The summed E-state index contributed by atoms with van der Waals surface area (Å²) in [5.41, 5.74) is 0.323. The van der Waals surface area contributed by atoms with Gasteiger partial charge in [0.25, 0.3) is 11.6 Å². The average Bonchev–Trinajstić information content (AvgIpc) is 2.74. The van der Waals surface area contributed by atoms with Crippen molar-refractivity contribution in [2.45, 2.75) is 0 Å². The fraction of sp³-hybridized carbons (Fsp3) is 0. The number of nitrogens with one attached hydrogen (secondary N) is 1. The molecule has 1 heterocycles. The van der Waals surface area contributed by atoms with E-state index in [1.165, 1.54) is 6.07 Å². The van der Waals surface area contributed by atoms with Gasteiger partial charge in [-0.15, -0.1) is 11.3 Å². The molecule has 8 heteroatoms. The third kappa shape index (κ3) is 3.12. The number of halogens is 2. The molecule has 1 N–H and O–H groups in total. The van der Waals surface area contributed by atoms with Crippen molar-refractivity contribution in [1.82, 2.24) is 0 Å². The van der Waals surface area contributed by atoms with Crippen LogP contribution >= 0.6 is 38.9 Å². The largest absolute Gasteiger partial charge is 0.320 e. The number of hydrogen-bond acceptors (Lipinski definition) is 4. The number of benzene rings is 1. The number of thiophene rings is 1. The third-order valence-electron chi connectivity index (χ3n) is 2.21. The first kappa shape index (κ1) is 14.0. The minimum Gasteiger partial charge on any atom is -0.320 e. The molecule has 1 aromatic carbocycles. The Hall–Kier alpha value is -1.44. The zero-order valence-corrected chi connectivity index (χ0v) is 12.4. The first-order valence-electron chi connectivity index (χ1n) is 4.98. The Morgan fingerprint density at radius 3 is 2.68 bits per heavy atom. The van der Waals surface area contributed by atoms with Crippen molar-refractivity contribution in [3.05, 3.63) is 54.1 Å². The summed E-state index contributed by atoms with van der Waals surface area (Å²) in [6.45, 7) is 0. The molecule has 1 aromatic heterocycles. The van der Waals surface area contributed by atoms with Gasteiger partial charge in [-0.3, -0.25) is 14.9 Å². The number of anilines is 1. The zero-order chi connectivity index (χ0) is 14.0. The van der Waals surface area contributed by atoms with Crippen LogP contribution in [0.3, 0.4) is 0 Å². The predicted octanol–water partition coefficient (Wildman–Crippen LogP) is 4.32. The highest BCUT2D eigenvalue weighted by Crippen LogP contribution is 2.34. The number of carbonyl (C=O) groups excluding carboxylic acids is 1. The quantitative estimate of drug-likeness (QED) is 0.653. The van der Waals surface area contributed by atoms with Gasteiger partial charge in [0.05, 0.1) is 10.6 Å². The molecule has 0 bridgehead atoms.